The number of nitrogens with one attached hydrogen (secondary N) is 3. The number of ether oxygens (including phenoxy) is 1. The molecule has 0 aliphatic heterocycles. The van der Waals surface area contributed by atoms with Gasteiger partial charge in [-0.15, -0.1) is 0 Å². The summed E-state index contributed by atoms with van der Waals surface area (Å²) in [5.41, 5.74) is 0.988. The molecule has 12 heteroatoms. The van der Waals surface area contributed by atoms with Crippen LogP contribution in [-0.4, -0.2) is 44.7 Å². The zero-order valence-electron chi connectivity index (χ0n) is 17.4. The lowest BCUT2D eigenvalue weighted by Crippen LogP contribution is -2.40. The number of thioether (sulfide) groups is 1. The van der Waals surface area contributed by atoms with Gasteiger partial charge in [-0.05, 0) is 36.8 Å². The predicted octanol–water partition coefficient (Wildman–Crippen LogP) is 2.97. The fraction of sp³-hybridized carbons (Fsp3) is 0.250. The fourth-order valence-corrected chi connectivity index (χ4v) is 4.35. The average molecular weight is 479 g/mol. The third-order valence-corrected chi connectivity index (χ3v) is 6.31. The highest BCUT2D eigenvalue weighted by Gasteiger charge is 2.19. The molecule has 1 aromatic heterocycles. The van der Waals surface area contributed by atoms with Gasteiger partial charge >= 0.3 is 6.03 Å². The maximum atomic E-state index is 12.8. The number of amides is 3. The smallest absolute Gasteiger partial charge is 0.321 e. The molecule has 0 saturated carbocycles. The Kier molecular flexibility index (Phi) is 7.59. The third-order valence-electron chi connectivity index (χ3n) is 4.12. The molecule has 0 saturated heterocycles. The molecule has 0 unspecified atom stereocenters. The number of carbonyl (C=O) groups excluding carboxylic acids is 2. The third kappa shape index (κ3) is 5.92. The summed E-state index contributed by atoms with van der Waals surface area (Å²) in [5, 5.41) is 4.92. The number of imide groups is 1. The van der Waals surface area contributed by atoms with E-state index in [1.54, 1.807) is 24.3 Å². The summed E-state index contributed by atoms with van der Waals surface area (Å²) >= 11 is 0.990. The Labute approximate surface area is 189 Å². The van der Waals surface area contributed by atoms with Crippen molar-refractivity contribution in [2.45, 2.75) is 23.5 Å². The lowest BCUT2D eigenvalue weighted by atomic mass is 10.3. The van der Waals surface area contributed by atoms with E-state index >= 15 is 0 Å². The van der Waals surface area contributed by atoms with Crippen LogP contribution in [0.2, 0.25) is 0 Å². The molecule has 1 heterocycles. The number of anilines is 1. The van der Waals surface area contributed by atoms with Crippen LogP contribution in [0.4, 0.5) is 10.5 Å². The first-order valence-electron chi connectivity index (χ1n) is 9.59. The van der Waals surface area contributed by atoms with Crippen LogP contribution in [0.3, 0.4) is 0 Å². The molecule has 170 valence electrons. The number of nitrogens with zero attached hydrogens (tertiary/aromatic N) is 1. The quantitative estimate of drug-likeness (QED) is 0.399. The summed E-state index contributed by atoms with van der Waals surface area (Å²) in [6.07, 6.45) is 0.755. The molecule has 0 fully saturated rings. The van der Waals surface area contributed by atoms with Crippen molar-refractivity contribution < 1.29 is 27.2 Å². The minimum Gasteiger partial charge on any atom is -0.495 e. The Morgan fingerprint density at radius 1 is 1.19 bits per heavy atom. The molecule has 0 bridgehead atoms. The number of sulfonamides is 1. The number of urea groups is 1. The van der Waals surface area contributed by atoms with E-state index in [-0.39, 0.29) is 15.9 Å². The topological polar surface area (TPSA) is 140 Å². The number of oxazole rings is 1. The number of hydrogen-bond acceptors (Lipinski definition) is 8. The lowest BCUT2D eigenvalue weighted by Gasteiger charge is -2.11. The molecule has 0 aliphatic rings. The summed E-state index contributed by atoms with van der Waals surface area (Å²) < 4.78 is 38.8. The minimum atomic E-state index is -3.90. The standard InChI is InChI=1S/C20H22N4O6S2/c1-3-10-21-19(26)23-18(25)12-31-20-22-15-11-13(8-9-17(15)30-20)32(27,28)24-14-6-4-5-7-16(14)29-2/h4-9,11,24H,3,10,12H2,1-2H3,(H2,21,23,25,26). The molecule has 0 atom stereocenters. The van der Waals surface area contributed by atoms with Crippen molar-refractivity contribution in [1.82, 2.24) is 15.6 Å². The van der Waals surface area contributed by atoms with Crippen LogP contribution in [0.25, 0.3) is 11.1 Å². The van der Waals surface area contributed by atoms with Crippen LogP contribution in [0, 0.1) is 0 Å². The van der Waals surface area contributed by atoms with Gasteiger partial charge in [-0.25, -0.2) is 18.2 Å². The van der Waals surface area contributed by atoms with Crippen molar-refractivity contribution in [2.75, 3.05) is 24.1 Å². The summed E-state index contributed by atoms with van der Waals surface area (Å²) in [6.45, 7) is 2.37. The Morgan fingerprint density at radius 2 is 1.97 bits per heavy atom. The number of carbonyl (C=O) groups is 2. The molecule has 0 aliphatic carbocycles. The maximum absolute atomic E-state index is 12.8. The summed E-state index contributed by atoms with van der Waals surface area (Å²) in [6, 6.07) is 10.3. The van der Waals surface area contributed by atoms with E-state index in [1.807, 2.05) is 6.92 Å². The lowest BCUT2D eigenvalue weighted by molar-refractivity contribution is -0.117. The number of para-hydroxylation sites is 2. The second kappa shape index (κ2) is 10.4. The van der Waals surface area contributed by atoms with E-state index in [2.05, 4.69) is 20.3 Å². The molecule has 3 N–H and O–H groups in total. The Morgan fingerprint density at radius 3 is 2.72 bits per heavy atom. The second-order valence-corrected chi connectivity index (χ2v) is 9.12. The number of methoxy groups -OCH3 is 1. The highest BCUT2D eigenvalue weighted by Crippen LogP contribution is 2.28. The molecule has 3 rings (SSSR count). The number of hydrogen-bond donors (Lipinski definition) is 3. The van der Waals surface area contributed by atoms with E-state index in [0.717, 1.165) is 18.2 Å². The van der Waals surface area contributed by atoms with Crippen molar-refractivity contribution in [2.24, 2.45) is 0 Å². The Hall–Kier alpha value is -3.25. The van der Waals surface area contributed by atoms with Crippen LogP contribution < -0.4 is 20.1 Å². The number of aromatic nitrogens is 1. The SMILES string of the molecule is CCCNC(=O)NC(=O)CSc1nc2cc(S(=O)(=O)Nc3ccccc3OC)ccc2o1. The number of rotatable bonds is 9. The first-order valence-corrected chi connectivity index (χ1v) is 12.1. The molecule has 0 spiro atoms. The van der Waals surface area contributed by atoms with E-state index in [4.69, 9.17) is 9.15 Å². The Bertz CT molecular complexity index is 1230. The summed E-state index contributed by atoms with van der Waals surface area (Å²) in [4.78, 5) is 27.6. The number of fused-ring (bicyclic) bond motifs is 1. The van der Waals surface area contributed by atoms with E-state index in [0.29, 0.717) is 29.1 Å². The highest BCUT2D eigenvalue weighted by atomic mass is 32.2. The monoisotopic (exact) mass is 478 g/mol. The average Bonchev–Trinajstić information content (AvgIpc) is 3.18. The maximum Gasteiger partial charge on any atom is 0.321 e. The molecule has 10 nitrogen and oxygen atoms in total. The van der Waals surface area contributed by atoms with Crippen LogP contribution in [0.15, 0.2) is 57.0 Å². The van der Waals surface area contributed by atoms with Gasteiger partial charge < -0.3 is 14.5 Å². The fourth-order valence-electron chi connectivity index (χ4n) is 2.62. The van der Waals surface area contributed by atoms with Gasteiger partial charge in [-0.1, -0.05) is 30.8 Å². The zero-order chi connectivity index (χ0) is 23.1. The van der Waals surface area contributed by atoms with Crippen LogP contribution >= 0.6 is 11.8 Å². The van der Waals surface area contributed by atoms with Gasteiger partial charge in [0.25, 0.3) is 15.2 Å². The normalized spacial score (nSPS) is 11.2. The Balaban J connectivity index is 1.69. The predicted molar refractivity (Wildman–Crippen MR) is 120 cm³/mol. The van der Waals surface area contributed by atoms with Crippen LogP contribution in [0.5, 0.6) is 5.75 Å². The van der Waals surface area contributed by atoms with Crippen molar-refractivity contribution in [3.63, 3.8) is 0 Å². The first kappa shape index (κ1) is 23.4. The van der Waals surface area contributed by atoms with Gasteiger partial charge in [-0.3, -0.25) is 14.8 Å². The molecular formula is C20H22N4O6S2. The van der Waals surface area contributed by atoms with Gasteiger partial charge in [0.15, 0.2) is 5.58 Å². The highest BCUT2D eigenvalue weighted by molar-refractivity contribution is 7.99. The van der Waals surface area contributed by atoms with E-state index in [9.17, 15) is 18.0 Å². The molecular weight excluding hydrogens is 456 g/mol. The number of benzene rings is 2. The molecule has 0 radical (unpaired) electrons. The summed E-state index contributed by atoms with van der Waals surface area (Å²) in [7, 11) is -2.45. The van der Waals surface area contributed by atoms with E-state index < -0.39 is 22.0 Å². The van der Waals surface area contributed by atoms with Crippen molar-refractivity contribution in [1.29, 1.82) is 0 Å². The van der Waals surface area contributed by atoms with E-state index in [1.165, 1.54) is 25.3 Å². The summed E-state index contributed by atoms with van der Waals surface area (Å²) in [5.74, 6) is -0.207. The van der Waals surface area contributed by atoms with Gasteiger partial charge in [0.1, 0.15) is 11.3 Å². The van der Waals surface area contributed by atoms with Crippen molar-refractivity contribution >= 4 is 50.5 Å². The molecule has 3 aromatic rings. The van der Waals surface area contributed by atoms with Gasteiger partial charge in [0.05, 0.1) is 23.4 Å². The van der Waals surface area contributed by atoms with Gasteiger partial charge in [0.2, 0.25) is 5.91 Å². The van der Waals surface area contributed by atoms with Crippen molar-refractivity contribution in [3.8, 4) is 5.75 Å². The van der Waals surface area contributed by atoms with Gasteiger partial charge in [-0.2, -0.15) is 0 Å². The van der Waals surface area contributed by atoms with Gasteiger partial charge in [0, 0.05) is 6.54 Å². The molecule has 32 heavy (non-hydrogen) atoms. The molecule has 3 amide bonds. The second-order valence-electron chi connectivity index (χ2n) is 6.51. The molecule has 2 aromatic carbocycles. The largest absolute Gasteiger partial charge is 0.495 e. The first-order chi connectivity index (χ1) is 15.3. The van der Waals surface area contributed by atoms with Crippen LogP contribution in [0.1, 0.15) is 13.3 Å². The zero-order valence-corrected chi connectivity index (χ0v) is 19.0. The van der Waals surface area contributed by atoms with Crippen LogP contribution in [-0.2, 0) is 14.8 Å². The minimum absolute atomic E-state index is 0.00825. The van der Waals surface area contributed by atoms with Crippen molar-refractivity contribution in [3.05, 3.63) is 42.5 Å².